The number of benzene rings is 2. The molecule has 0 radical (unpaired) electrons. The second-order valence-corrected chi connectivity index (χ2v) is 8.90. The Morgan fingerprint density at radius 1 is 0.933 bits per heavy atom. The van der Waals surface area contributed by atoms with Crippen molar-refractivity contribution in [2.24, 2.45) is 17.6 Å². The first kappa shape index (κ1) is 18.2. The number of aromatic nitrogens is 3. The van der Waals surface area contributed by atoms with Crippen LogP contribution in [0.4, 0.5) is 5.82 Å². The molecule has 1 aliphatic carbocycles. The molecule has 2 fully saturated rings. The van der Waals surface area contributed by atoms with E-state index < -0.39 is 0 Å². The quantitative estimate of drug-likeness (QED) is 0.503. The van der Waals surface area contributed by atoms with E-state index in [1.54, 1.807) is 0 Å². The number of fused-ring (bicyclic) bond motifs is 2. The van der Waals surface area contributed by atoms with Crippen molar-refractivity contribution in [2.75, 3.05) is 18.0 Å². The number of anilines is 1. The summed E-state index contributed by atoms with van der Waals surface area (Å²) in [6.07, 6.45) is 1.85. The number of nitrogens with two attached hydrogens (primary N) is 1. The SMILES string of the molecule is NC1[C@H]2CN(c3ccnc4c(-c5ccc(Cl)cc5)c(-c5ccccc5Cl)nn34)C[C@@H]12. The van der Waals surface area contributed by atoms with Crippen LogP contribution < -0.4 is 10.6 Å². The monoisotopic (exact) mass is 435 g/mol. The fourth-order valence-corrected chi connectivity index (χ4v) is 5.01. The fourth-order valence-electron chi connectivity index (χ4n) is 4.66. The van der Waals surface area contributed by atoms with Gasteiger partial charge in [0, 0.05) is 35.9 Å². The van der Waals surface area contributed by atoms with E-state index in [9.17, 15) is 0 Å². The van der Waals surface area contributed by atoms with Gasteiger partial charge in [0.15, 0.2) is 5.65 Å². The van der Waals surface area contributed by atoms with Gasteiger partial charge in [-0.3, -0.25) is 0 Å². The molecule has 7 heteroatoms. The molecule has 150 valence electrons. The van der Waals surface area contributed by atoms with Crippen LogP contribution in [0.3, 0.4) is 0 Å². The van der Waals surface area contributed by atoms with Crippen LogP contribution >= 0.6 is 23.2 Å². The molecule has 0 bridgehead atoms. The molecular formula is C23H19Cl2N5. The summed E-state index contributed by atoms with van der Waals surface area (Å²) in [7, 11) is 0. The molecule has 30 heavy (non-hydrogen) atoms. The van der Waals surface area contributed by atoms with E-state index in [1.165, 1.54) is 0 Å². The molecule has 0 amide bonds. The Balaban J connectivity index is 1.58. The molecule has 0 spiro atoms. The summed E-state index contributed by atoms with van der Waals surface area (Å²) in [5.74, 6) is 2.21. The van der Waals surface area contributed by atoms with Crippen LogP contribution in [0, 0.1) is 11.8 Å². The molecule has 2 aromatic heterocycles. The summed E-state index contributed by atoms with van der Waals surface area (Å²) in [6.45, 7) is 1.92. The summed E-state index contributed by atoms with van der Waals surface area (Å²) in [5, 5.41) is 6.36. The predicted octanol–water partition coefficient (Wildman–Crippen LogP) is 4.76. The first-order valence-electron chi connectivity index (χ1n) is 10.0. The highest BCUT2D eigenvalue weighted by atomic mass is 35.5. The second-order valence-electron chi connectivity index (χ2n) is 8.06. The minimum absolute atomic E-state index is 0.347. The zero-order valence-electron chi connectivity index (χ0n) is 16.0. The van der Waals surface area contributed by atoms with Crippen molar-refractivity contribution in [3.63, 3.8) is 0 Å². The second kappa shape index (κ2) is 6.71. The number of hydrogen-bond donors (Lipinski definition) is 1. The van der Waals surface area contributed by atoms with Crippen LogP contribution in [0.5, 0.6) is 0 Å². The van der Waals surface area contributed by atoms with Gasteiger partial charge in [0.05, 0.1) is 10.6 Å². The van der Waals surface area contributed by atoms with Gasteiger partial charge in [0.2, 0.25) is 0 Å². The maximum atomic E-state index is 6.56. The normalized spacial score (nSPS) is 22.5. The molecule has 1 saturated carbocycles. The topological polar surface area (TPSA) is 59.5 Å². The molecule has 4 aromatic rings. The summed E-state index contributed by atoms with van der Waals surface area (Å²) < 4.78 is 1.94. The van der Waals surface area contributed by atoms with Crippen molar-refractivity contribution in [3.8, 4) is 22.4 Å². The average molecular weight is 436 g/mol. The lowest BCUT2D eigenvalue weighted by atomic mass is 10.0. The van der Waals surface area contributed by atoms with Gasteiger partial charge in [-0.25, -0.2) is 4.98 Å². The van der Waals surface area contributed by atoms with Gasteiger partial charge in [-0.1, -0.05) is 53.5 Å². The van der Waals surface area contributed by atoms with Crippen molar-refractivity contribution >= 4 is 34.7 Å². The lowest BCUT2D eigenvalue weighted by Gasteiger charge is -2.21. The first-order chi connectivity index (χ1) is 14.6. The third-order valence-electron chi connectivity index (χ3n) is 6.34. The minimum Gasteiger partial charge on any atom is -0.356 e. The van der Waals surface area contributed by atoms with Gasteiger partial charge in [0.1, 0.15) is 11.5 Å². The molecule has 1 saturated heterocycles. The Kier molecular flexibility index (Phi) is 4.07. The number of nitrogens with zero attached hydrogens (tertiary/aromatic N) is 4. The number of hydrogen-bond acceptors (Lipinski definition) is 4. The summed E-state index contributed by atoms with van der Waals surface area (Å²) in [4.78, 5) is 7.07. The molecule has 6 rings (SSSR count). The van der Waals surface area contributed by atoms with Crippen molar-refractivity contribution in [1.29, 1.82) is 0 Å². The molecule has 2 aliphatic rings. The Morgan fingerprint density at radius 3 is 2.40 bits per heavy atom. The molecule has 1 aliphatic heterocycles. The Labute approximate surface area is 184 Å². The molecule has 2 aromatic carbocycles. The fraction of sp³-hybridized carbons (Fsp3) is 0.217. The van der Waals surface area contributed by atoms with Gasteiger partial charge in [0.25, 0.3) is 0 Å². The standard InChI is InChI=1S/C23H19Cl2N5/c24-14-7-5-13(6-8-14)20-22(15-3-1-2-4-18(15)25)28-30-19(9-10-27-23(20)30)29-11-16-17(12-29)21(16)26/h1-10,16-17,21H,11-12,26H2/t16-,17+,21?. The highest BCUT2D eigenvalue weighted by Crippen LogP contribution is 2.46. The van der Waals surface area contributed by atoms with Crippen molar-refractivity contribution < 1.29 is 0 Å². The molecule has 2 N–H and O–H groups in total. The molecule has 5 nitrogen and oxygen atoms in total. The summed E-state index contributed by atoms with van der Waals surface area (Å²) in [6, 6.07) is 17.9. The molecule has 3 atom stereocenters. The lowest BCUT2D eigenvalue weighted by Crippen LogP contribution is -2.29. The minimum atomic E-state index is 0.347. The maximum Gasteiger partial charge on any atom is 0.165 e. The third kappa shape index (κ3) is 2.73. The smallest absolute Gasteiger partial charge is 0.165 e. The van der Waals surface area contributed by atoms with Crippen molar-refractivity contribution in [3.05, 3.63) is 70.8 Å². The van der Waals surface area contributed by atoms with Gasteiger partial charge < -0.3 is 10.6 Å². The zero-order valence-corrected chi connectivity index (χ0v) is 17.6. The van der Waals surface area contributed by atoms with E-state index in [-0.39, 0.29) is 0 Å². The van der Waals surface area contributed by atoms with Gasteiger partial charge >= 0.3 is 0 Å². The van der Waals surface area contributed by atoms with Crippen molar-refractivity contribution in [2.45, 2.75) is 6.04 Å². The van der Waals surface area contributed by atoms with Gasteiger partial charge in [-0.05, 0) is 41.7 Å². The van der Waals surface area contributed by atoms with E-state index in [1.807, 2.05) is 65.3 Å². The highest BCUT2D eigenvalue weighted by molar-refractivity contribution is 6.33. The van der Waals surface area contributed by atoms with Crippen LogP contribution in [0.25, 0.3) is 28.0 Å². The summed E-state index contributed by atoms with van der Waals surface area (Å²) in [5.41, 5.74) is 10.6. The highest BCUT2D eigenvalue weighted by Gasteiger charge is 2.54. The predicted molar refractivity (Wildman–Crippen MR) is 121 cm³/mol. The average Bonchev–Trinajstić information content (AvgIpc) is 3.13. The van der Waals surface area contributed by atoms with Crippen LogP contribution in [-0.4, -0.2) is 33.7 Å². The number of rotatable bonds is 3. The van der Waals surface area contributed by atoms with Crippen LogP contribution in [-0.2, 0) is 0 Å². The summed E-state index contributed by atoms with van der Waals surface area (Å²) >= 11 is 12.7. The van der Waals surface area contributed by atoms with Crippen LogP contribution in [0.15, 0.2) is 60.8 Å². The van der Waals surface area contributed by atoms with E-state index >= 15 is 0 Å². The number of piperidine rings is 1. The maximum absolute atomic E-state index is 6.56. The molecular weight excluding hydrogens is 417 g/mol. The van der Waals surface area contributed by atoms with E-state index in [0.29, 0.717) is 27.9 Å². The van der Waals surface area contributed by atoms with Crippen molar-refractivity contribution in [1.82, 2.24) is 14.6 Å². The Hall–Kier alpha value is -2.60. The van der Waals surface area contributed by atoms with Crippen LogP contribution in [0.2, 0.25) is 10.0 Å². The van der Waals surface area contributed by atoms with E-state index in [0.717, 1.165) is 46.9 Å². The zero-order chi connectivity index (χ0) is 20.4. The Morgan fingerprint density at radius 2 is 1.67 bits per heavy atom. The Bertz CT molecular complexity index is 1250. The lowest BCUT2D eigenvalue weighted by molar-refractivity contribution is 0.721. The van der Waals surface area contributed by atoms with E-state index in [4.69, 9.17) is 39.0 Å². The van der Waals surface area contributed by atoms with E-state index in [2.05, 4.69) is 4.90 Å². The van der Waals surface area contributed by atoms with Gasteiger partial charge in [-0.15, -0.1) is 0 Å². The largest absolute Gasteiger partial charge is 0.356 e. The van der Waals surface area contributed by atoms with Crippen LogP contribution in [0.1, 0.15) is 0 Å². The third-order valence-corrected chi connectivity index (χ3v) is 6.93. The van der Waals surface area contributed by atoms with Gasteiger partial charge in [-0.2, -0.15) is 9.61 Å². The first-order valence-corrected chi connectivity index (χ1v) is 10.8. The number of halogens is 2. The molecule has 1 unspecified atom stereocenters. The molecule has 3 heterocycles.